The Hall–Kier alpha value is -7.50. The van der Waals surface area contributed by atoms with Crippen molar-refractivity contribution in [3.05, 3.63) is 113 Å². The van der Waals surface area contributed by atoms with Gasteiger partial charge in [-0.3, -0.25) is 24.0 Å². The van der Waals surface area contributed by atoms with E-state index in [1.165, 1.54) is 37.3 Å². The van der Waals surface area contributed by atoms with Gasteiger partial charge in [0.15, 0.2) is 12.4 Å². The fourth-order valence-corrected chi connectivity index (χ4v) is 6.77. The molecule has 0 spiro atoms. The van der Waals surface area contributed by atoms with Crippen LogP contribution < -0.4 is 20.7 Å². The third-order valence-electron chi connectivity index (χ3n) is 10.1. The lowest BCUT2D eigenvalue weighted by molar-refractivity contribution is -0.182. The summed E-state index contributed by atoms with van der Waals surface area (Å²) in [5, 5.41) is 8.60. The second-order valence-corrected chi connectivity index (χ2v) is 16.7. The predicted octanol–water partition coefficient (Wildman–Crippen LogP) is 6.99. The number of carbonyl (C=O) groups is 8. The minimum atomic E-state index is -1.35. The molecule has 0 saturated heterocycles. The summed E-state index contributed by atoms with van der Waals surface area (Å²) in [5.74, 6) is -4.91. The molecule has 68 heavy (non-hydrogen) atoms. The van der Waals surface area contributed by atoms with Gasteiger partial charge in [-0.25, -0.2) is 14.4 Å². The van der Waals surface area contributed by atoms with Crippen molar-refractivity contribution >= 4 is 48.0 Å². The number of hydroxylamine groups is 2. The molecule has 0 aliphatic heterocycles. The lowest BCUT2D eigenvalue weighted by atomic mass is 9.90. The number of amides is 4. The predicted molar refractivity (Wildman–Crippen MR) is 246 cm³/mol. The number of hydrogen-bond donors (Lipinski definition) is 3. The van der Waals surface area contributed by atoms with Crippen LogP contribution in [-0.2, 0) is 56.2 Å². The van der Waals surface area contributed by atoms with Crippen molar-refractivity contribution in [1.82, 2.24) is 21.0 Å². The zero-order chi connectivity index (χ0) is 49.6. The number of ether oxygens (including phenoxy) is 4. The molecule has 3 atom stereocenters. The van der Waals surface area contributed by atoms with Crippen molar-refractivity contribution in [3.63, 3.8) is 0 Å². The van der Waals surface area contributed by atoms with Gasteiger partial charge in [0.1, 0.15) is 42.1 Å². The summed E-state index contributed by atoms with van der Waals surface area (Å²) in [6.45, 7) is 8.88. The number of rotatable bonds is 26. The summed E-state index contributed by atoms with van der Waals surface area (Å²) < 4.78 is 27.7. The molecule has 0 aliphatic carbocycles. The minimum Gasteiger partial charge on any atom is -0.481 e. The SMILES string of the molecule is CCCCC[C@@H](C(=O)NCNC(=O)c1ccc(-c2ccc(C(=O)N[C@@H](CC(C)=O)C(=O)OCc3ccccc3)c(OCC(=O)OCc3ccccc3)c2)o1)[C@@H](CC)N(C=O)OC(=O)OC(C)(C)C. The molecule has 0 aliphatic rings. The van der Waals surface area contributed by atoms with Crippen LogP contribution in [0.3, 0.4) is 0 Å². The largest absolute Gasteiger partial charge is 0.534 e. The fourth-order valence-electron chi connectivity index (χ4n) is 6.77. The summed E-state index contributed by atoms with van der Waals surface area (Å²) in [7, 11) is 0. The third kappa shape index (κ3) is 17.4. The molecular weight excluding hydrogens is 881 g/mol. The van der Waals surface area contributed by atoms with Crippen LogP contribution in [0.4, 0.5) is 4.79 Å². The molecule has 18 heteroatoms. The number of nitrogens with zero attached hydrogens (tertiary/aromatic N) is 1. The highest BCUT2D eigenvalue weighted by atomic mass is 16.8. The van der Waals surface area contributed by atoms with Crippen molar-refractivity contribution in [2.75, 3.05) is 13.3 Å². The number of furan rings is 1. The number of hydrogen-bond acceptors (Lipinski definition) is 14. The van der Waals surface area contributed by atoms with Gasteiger partial charge in [-0.15, -0.1) is 0 Å². The summed E-state index contributed by atoms with van der Waals surface area (Å²) in [6, 6.07) is 22.8. The normalized spacial score (nSPS) is 12.3. The number of nitrogens with one attached hydrogen (secondary N) is 3. The standard InChI is InChI=1S/C50H60N4O14/c1-7-9-12-21-37(40(8-2)54(32-55)68-49(62)67-50(4,5)6)45(58)51-31-52-47(60)42-25-24-41(66-42)36-22-23-38(43(27-36)63-30-44(57)64-28-34-17-13-10-14-18-34)46(59)53-39(26-33(3)56)48(61)65-29-35-19-15-11-16-20-35/h10-11,13-20,22-25,27,32,37,39-40H,7-9,12,21,26,28-31H2,1-6H3,(H,51,58)(H,52,60)(H,53,59)/t37-,39+,40-/m1/s1. The number of esters is 2. The molecular formula is C50H60N4O14. The van der Waals surface area contributed by atoms with Crippen molar-refractivity contribution in [2.45, 2.75) is 111 Å². The van der Waals surface area contributed by atoms with Crippen LogP contribution in [0.5, 0.6) is 5.75 Å². The van der Waals surface area contributed by atoms with Crippen LogP contribution in [0.25, 0.3) is 11.3 Å². The van der Waals surface area contributed by atoms with E-state index in [0.29, 0.717) is 30.4 Å². The van der Waals surface area contributed by atoms with E-state index in [0.717, 1.165) is 23.5 Å². The molecule has 4 amide bonds. The van der Waals surface area contributed by atoms with E-state index in [1.807, 2.05) is 13.0 Å². The number of carbonyl (C=O) groups excluding carboxylic acids is 8. The molecule has 3 N–H and O–H groups in total. The fraction of sp³-hybridized carbons (Fsp3) is 0.400. The van der Waals surface area contributed by atoms with Crippen LogP contribution in [0.15, 0.2) is 95.4 Å². The molecule has 364 valence electrons. The second kappa shape index (κ2) is 26.6. The van der Waals surface area contributed by atoms with Crippen LogP contribution >= 0.6 is 0 Å². The minimum absolute atomic E-state index is 0.0302. The maximum absolute atomic E-state index is 13.8. The zero-order valence-electron chi connectivity index (χ0n) is 39.2. The zero-order valence-corrected chi connectivity index (χ0v) is 39.2. The molecule has 4 rings (SSSR count). The summed E-state index contributed by atoms with van der Waals surface area (Å²) in [4.78, 5) is 109. The molecule has 4 aromatic rings. The summed E-state index contributed by atoms with van der Waals surface area (Å²) in [5.41, 5.74) is 0.761. The van der Waals surface area contributed by atoms with E-state index in [4.69, 9.17) is 28.2 Å². The average molecular weight is 941 g/mol. The van der Waals surface area contributed by atoms with Gasteiger partial charge in [-0.05, 0) is 75.9 Å². The number of ketones is 1. The monoisotopic (exact) mass is 940 g/mol. The second-order valence-electron chi connectivity index (χ2n) is 16.7. The molecule has 0 radical (unpaired) electrons. The van der Waals surface area contributed by atoms with Gasteiger partial charge in [0.25, 0.3) is 11.8 Å². The van der Waals surface area contributed by atoms with Gasteiger partial charge in [-0.2, -0.15) is 5.06 Å². The van der Waals surface area contributed by atoms with E-state index in [-0.39, 0.29) is 61.3 Å². The van der Waals surface area contributed by atoms with E-state index >= 15 is 0 Å². The summed E-state index contributed by atoms with van der Waals surface area (Å²) in [6.07, 6.45) is 1.81. The molecule has 0 saturated carbocycles. The van der Waals surface area contributed by atoms with Crippen molar-refractivity contribution in [3.8, 4) is 17.1 Å². The van der Waals surface area contributed by atoms with Gasteiger partial charge >= 0.3 is 18.1 Å². The lowest BCUT2D eigenvalue weighted by Gasteiger charge is -2.32. The number of unbranched alkanes of at least 4 members (excludes halogenated alkanes) is 2. The highest BCUT2D eigenvalue weighted by molar-refractivity contribution is 6.00. The van der Waals surface area contributed by atoms with Gasteiger partial charge in [-0.1, -0.05) is 99.8 Å². The first-order chi connectivity index (χ1) is 32.5. The smallest absolute Gasteiger partial charge is 0.481 e. The van der Waals surface area contributed by atoms with Gasteiger partial charge in [0.2, 0.25) is 12.3 Å². The first kappa shape index (κ1) is 53.1. The maximum atomic E-state index is 13.8. The Balaban J connectivity index is 1.49. The van der Waals surface area contributed by atoms with E-state index in [9.17, 15) is 38.4 Å². The van der Waals surface area contributed by atoms with Crippen LogP contribution in [0, 0.1) is 5.92 Å². The van der Waals surface area contributed by atoms with E-state index in [2.05, 4.69) is 16.0 Å². The Kier molecular flexibility index (Phi) is 20.8. The Morgan fingerprint density at radius 1 is 0.794 bits per heavy atom. The topological polar surface area (TPSA) is 235 Å². The van der Waals surface area contributed by atoms with E-state index in [1.54, 1.807) is 82.3 Å². The third-order valence-corrected chi connectivity index (χ3v) is 10.1. The number of benzene rings is 3. The van der Waals surface area contributed by atoms with Crippen molar-refractivity contribution in [1.29, 1.82) is 0 Å². The molecule has 3 aromatic carbocycles. The van der Waals surface area contributed by atoms with Crippen LogP contribution in [-0.4, -0.2) is 84.0 Å². The summed E-state index contributed by atoms with van der Waals surface area (Å²) >= 11 is 0. The Bertz CT molecular complexity index is 2330. The first-order valence-corrected chi connectivity index (χ1v) is 22.3. The molecule has 0 fully saturated rings. The Morgan fingerprint density at radius 2 is 1.46 bits per heavy atom. The van der Waals surface area contributed by atoms with Crippen LogP contribution in [0.2, 0.25) is 0 Å². The Labute approximate surface area is 395 Å². The van der Waals surface area contributed by atoms with Crippen molar-refractivity contribution < 1.29 is 66.6 Å². The molecule has 1 aromatic heterocycles. The van der Waals surface area contributed by atoms with Gasteiger partial charge < -0.3 is 44.2 Å². The molecule has 0 unspecified atom stereocenters. The first-order valence-electron chi connectivity index (χ1n) is 22.3. The quantitative estimate of drug-likeness (QED) is 0.0144. The average Bonchev–Trinajstić information content (AvgIpc) is 3.81. The lowest BCUT2D eigenvalue weighted by Crippen LogP contribution is -2.49. The van der Waals surface area contributed by atoms with Crippen molar-refractivity contribution in [2.24, 2.45) is 5.92 Å². The maximum Gasteiger partial charge on any atom is 0.534 e. The number of Topliss-reactive ketones (excluding diaryl/α,β-unsaturated/α-hetero) is 1. The molecule has 18 nitrogen and oxygen atoms in total. The van der Waals surface area contributed by atoms with E-state index < -0.39 is 66.0 Å². The Morgan fingerprint density at radius 3 is 2.06 bits per heavy atom. The molecule has 1 heterocycles. The van der Waals surface area contributed by atoms with Crippen LogP contribution in [0.1, 0.15) is 112 Å². The highest BCUT2D eigenvalue weighted by Gasteiger charge is 2.34. The van der Waals surface area contributed by atoms with Gasteiger partial charge in [0.05, 0.1) is 24.2 Å². The highest BCUT2D eigenvalue weighted by Crippen LogP contribution is 2.30. The molecule has 0 bridgehead atoms. The van der Waals surface area contributed by atoms with Gasteiger partial charge in [0, 0.05) is 12.0 Å².